The van der Waals surface area contributed by atoms with Crippen LogP contribution in [0.1, 0.15) is 23.2 Å². The Balaban J connectivity index is 2.71. The van der Waals surface area contributed by atoms with Gasteiger partial charge in [-0.2, -0.15) is 0 Å². The summed E-state index contributed by atoms with van der Waals surface area (Å²) < 4.78 is 13.0. The fraction of sp³-hybridized carbons (Fsp3) is 0.300. The molecule has 1 aromatic rings. The molecule has 1 aromatic carbocycles. The number of carbonyl (C=O) groups is 1. The van der Waals surface area contributed by atoms with Crippen molar-refractivity contribution >= 4 is 5.78 Å². The molecule has 0 aliphatic carbocycles. The predicted molar refractivity (Wildman–Crippen MR) is 45.5 cm³/mol. The molecule has 0 fully saturated rings. The second kappa shape index (κ2) is 4.72. The van der Waals surface area contributed by atoms with Crippen LogP contribution in [-0.4, -0.2) is 12.4 Å². The lowest BCUT2D eigenvalue weighted by molar-refractivity contribution is 0.0955. The topological polar surface area (TPSA) is 37.0 Å². The van der Waals surface area contributed by atoms with Crippen LogP contribution in [0.3, 0.4) is 0 Å². The summed E-state index contributed by atoms with van der Waals surface area (Å²) in [6, 6.07) is 5.81. The Morgan fingerprint density at radius 3 is 2.62 bits per heavy atom. The van der Waals surface area contributed by atoms with E-state index in [2.05, 4.69) is 0 Å². The fourth-order valence-electron chi connectivity index (χ4n) is 1.05. The highest BCUT2D eigenvalue weighted by atomic mass is 19.1. The number of benzene rings is 1. The minimum atomic E-state index is -0.515. The Kier molecular flexibility index (Phi) is 3.58. The molecule has 2 nitrogen and oxygen atoms in total. The van der Waals surface area contributed by atoms with Gasteiger partial charge in [0.25, 0.3) is 0 Å². The summed E-state index contributed by atoms with van der Waals surface area (Å²) >= 11 is 0. The van der Waals surface area contributed by atoms with Crippen LogP contribution in [0.5, 0.6) is 0 Å². The van der Waals surface area contributed by atoms with Crippen molar-refractivity contribution < 1.29 is 14.3 Å². The number of carbonyl (C=O) groups excluding carboxylic acids is 1. The van der Waals surface area contributed by atoms with Gasteiger partial charge in [0.05, 0.1) is 12.2 Å². The molecule has 0 aromatic heterocycles. The van der Waals surface area contributed by atoms with Crippen LogP contribution in [0, 0.1) is 5.82 Å². The average Bonchev–Trinajstić information content (AvgIpc) is 2.15. The van der Waals surface area contributed by atoms with E-state index in [4.69, 9.17) is 0 Å². The average molecular weight is 181 g/mol. The molecule has 13 heavy (non-hydrogen) atoms. The highest BCUT2D eigenvalue weighted by molar-refractivity contribution is 5.96. The van der Waals surface area contributed by atoms with Crippen molar-refractivity contribution in [1.29, 1.82) is 0 Å². The van der Waals surface area contributed by atoms with Gasteiger partial charge in [-0.15, -0.1) is 0 Å². The molecule has 0 heterocycles. The van der Waals surface area contributed by atoms with E-state index < -0.39 is 5.82 Å². The van der Waals surface area contributed by atoms with E-state index in [9.17, 15) is 14.3 Å². The van der Waals surface area contributed by atoms with Crippen molar-refractivity contribution in [3.05, 3.63) is 35.6 Å². The van der Waals surface area contributed by atoms with Crippen molar-refractivity contribution in [3.63, 3.8) is 0 Å². The van der Waals surface area contributed by atoms with Gasteiger partial charge in [0.1, 0.15) is 5.82 Å². The van der Waals surface area contributed by atoms with Gasteiger partial charge in [-0.25, -0.2) is 9.50 Å². The van der Waals surface area contributed by atoms with E-state index in [0.29, 0.717) is 0 Å². The molecule has 69 valence electrons. The first-order chi connectivity index (χ1) is 6.25. The Labute approximate surface area is 76.0 Å². The van der Waals surface area contributed by atoms with Gasteiger partial charge < -0.3 is 0 Å². The van der Waals surface area contributed by atoms with Crippen molar-refractivity contribution in [1.82, 2.24) is 0 Å². The van der Waals surface area contributed by atoms with Gasteiger partial charge in [0, 0.05) is 6.42 Å². The lowest BCUT2D eigenvalue weighted by Crippen LogP contribution is -2.02. The highest BCUT2D eigenvalue weighted by Gasteiger charge is 2.09. The first kappa shape index (κ1) is 9.86. The Morgan fingerprint density at radius 1 is 1.31 bits per heavy atom. The molecule has 0 spiro atoms. The van der Waals surface area contributed by atoms with E-state index in [1.165, 1.54) is 18.2 Å². The van der Waals surface area contributed by atoms with Gasteiger partial charge in [0.2, 0.25) is 0 Å². The molecule has 0 saturated carbocycles. The van der Waals surface area contributed by atoms with Crippen LogP contribution in [0.15, 0.2) is 24.3 Å². The van der Waals surface area contributed by atoms with Crippen molar-refractivity contribution in [2.45, 2.75) is 12.8 Å². The number of hydrogen-bond donors (Lipinski definition) is 0. The van der Waals surface area contributed by atoms with E-state index in [1.54, 1.807) is 6.07 Å². The maximum atomic E-state index is 13.0. The highest BCUT2D eigenvalue weighted by Crippen LogP contribution is 2.09. The van der Waals surface area contributed by atoms with Gasteiger partial charge in [-0.1, -0.05) is 12.1 Å². The molecule has 0 aliphatic rings. The summed E-state index contributed by atoms with van der Waals surface area (Å²) in [7, 11) is 0. The Morgan fingerprint density at radius 2 is 2.00 bits per heavy atom. The van der Waals surface area contributed by atoms with Crippen LogP contribution in [0.2, 0.25) is 0 Å². The monoisotopic (exact) mass is 181 g/mol. The lowest BCUT2D eigenvalue weighted by atomic mass is 10.1. The number of hydrogen-bond acceptors (Lipinski definition) is 1. The molecule has 1 rings (SSSR count). The molecule has 0 N–H and O–H groups in total. The first-order valence-corrected chi connectivity index (χ1v) is 4.11. The zero-order valence-electron chi connectivity index (χ0n) is 7.13. The maximum Gasteiger partial charge on any atom is 0.165 e. The normalized spacial score (nSPS) is 10.0. The molecule has 0 saturated heterocycles. The summed E-state index contributed by atoms with van der Waals surface area (Å²) in [6.07, 6.45) is 0.400. The number of rotatable bonds is 4. The summed E-state index contributed by atoms with van der Waals surface area (Å²) in [6.45, 7) is -0.291. The van der Waals surface area contributed by atoms with E-state index in [1.807, 2.05) is 0 Å². The summed E-state index contributed by atoms with van der Waals surface area (Å²) in [5, 5.41) is 10.1. The zero-order valence-corrected chi connectivity index (χ0v) is 7.13. The first-order valence-electron chi connectivity index (χ1n) is 4.11. The van der Waals surface area contributed by atoms with Crippen molar-refractivity contribution in [2.24, 2.45) is 0 Å². The van der Waals surface area contributed by atoms with E-state index in [0.717, 1.165) is 0 Å². The number of halogens is 1. The third-order valence-corrected chi connectivity index (χ3v) is 1.72. The SMILES string of the molecule is [O]CCCC(=O)c1ccccc1F. The third-order valence-electron chi connectivity index (χ3n) is 1.72. The molecule has 1 radical (unpaired) electrons. The minimum Gasteiger partial charge on any atom is -0.294 e. The maximum absolute atomic E-state index is 13.0. The molecule has 0 unspecified atom stereocenters. The van der Waals surface area contributed by atoms with Gasteiger partial charge >= 0.3 is 0 Å². The molecule has 0 aliphatic heterocycles. The zero-order chi connectivity index (χ0) is 9.68. The molecular formula is C10H10FO2. The van der Waals surface area contributed by atoms with Crippen LogP contribution in [0.4, 0.5) is 4.39 Å². The third kappa shape index (κ3) is 2.63. The van der Waals surface area contributed by atoms with Gasteiger partial charge in [-0.05, 0) is 18.6 Å². The lowest BCUT2D eigenvalue weighted by Gasteiger charge is -1.99. The van der Waals surface area contributed by atoms with Crippen LogP contribution >= 0.6 is 0 Å². The molecule has 0 amide bonds. The number of ketones is 1. The second-order valence-corrected chi connectivity index (χ2v) is 2.71. The Bertz CT molecular complexity index is 297. The van der Waals surface area contributed by atoms with E-state index in [-0.39, 0.29) is 30.8 Å². The van der Waals surface area contributed by atoms with Gasteiger partial charge in [0.15, 0.2) is 5.78 Å². The van der Waals surface area contributed by atoms with Crippen LogP contribution in [0.25, 0.3) is 0 Å². The van der Waals surface area contributed by atoms with Gasteiger partial charge in [-0.3, -0.25) is 4.79 Å². The summed E-state index contributed by atoms with van der Waals surface area (Å²) in [4.78, 5) is 11.2. The molecule has 3 heteroatoms. The molecular weight excluding hydrogens is 171 g/mol. The summed E-state index contributed by atoms with van der Waals surface area (Å²) in [5.74, 6) is -0.813. The molecule has 0 atom stereocenters. The number of Topliss-reactive ketones (excluding diaryl/α,β-unsaturated/α-hetero) is 1. The summed E-state index contributed by atoms with van der Waals surface area (Å²) in [5.41, 5.74) is 0.0796. The standard InChI is InChI=1S/C10H10FO2/c11-9-5-2-1-4-8(9)10(13)6-3-7-12/h1-2,4-5H,3,6-7H2. The quantitative estimate of drug-likeness (QED) is 0.656. The minimum absolute atomic E-state index is 0.0796. The van der Waals surface area contributed by atoms with Crippen molar-refractivity contribution in [2.75, 3.05) is 6.61 Å². The second-order valence-electron chi connectivity index (χ2n) is 2.71. The van der Waals surface area contributed by atoms with E-state index >= 15 is 0 Å². The Hall–Kier alpha value is -1.22. The smallest absolute Gasteiger partial charge is 0.165 e. The van der Waals surface area contributed by atoms with Crippen LogP contribution in [-0.2, 0) is 5.11 Å². The molecule has 0 bridgehead atoms. The fourth-order valence-corrected chi connectivity index (χ4v) is 1.05. The van der Waals surface area contributed by atoms with Crippen molar-refractivity contribution in [3.8, 4) is 0 Å². The van der Waals surface area contributed by atoms with Crippen LogP contribution < -0.4 is 0 Å². The predicted octanol–water partition coefficient (Wildman–Crippen LogP) is 2.22. The largest absolute Gasteiger partial charge is 0.294 e.